The molecule has 3 rings (SSSR count). The van der Waals surface area contributed by atoms with Gasteiger partial charge in [-0.15, -0.1) is 10.2 Å². The molecule has 0 aliphatic rings. The Morgan fingerprint density at radius 2 is 1.89 bits per heavy atom. The van der Waals surface area contributed by atoms with Gasteiger partial charge in [0.25, 0.3) is 0 Å². The first-order valence-corrected chi connectivity index (χ1v) is 10.2. The average molecular weight is 425 g/mol. The summed E-state index contributed by atoms with van der Waals surface area (Å²) in [5, 5.41) is 14.7. The molecular formula is C15H13ClN6O3S2. The second-order valence-corrected chi connectivity index (χ2v) is 8.63. The molecule has 0 saturated heterocycles. The lowest BCUT2D eigenvalue weighted by atomic mass is 10.4. The normalized spacial score (nSPS) is 11.2. The molecule has 12 heteroatoms. The van der Waals surface area contributed by atoms with Crippen LogP contribution in [0.4, 0.5) is 10.9 Å². The van der Waals surface area contributed by atoms with Crippen LogP contribution in [0.15, 0.2) is 46.6 Å². The van der Waals surface area contributed by atoms with Gasteiger partial charge in [0.05, 0.1) is 23.8 Å². The maximum absolute atomic E-state index is 12.5. The highest BCUT2D eigenvalue weighted by Crippen LogP contribution is 2.22. The number of amides is 1. The van der Waals surface area contributed by atoms with Crippen LogP contribution in [0, 0.1) is 0 Å². The summed E-state index contributed by atoms with van der Waals surface area (Å²) in [5.74, 6) is 0.148. The Labute approximate surface area is 163 Å². The fourth-order valence-corrected chi connectivity index (χ4v) is 3.87. The Morgan fingerprint density at radius 3 is 2.52 bits per heavy atom. The van der Waals surface area contributed by atoms with Crippen LogP contribution in [-0.2, 0) is 21.2 Å². The van der Waals surface area contributed by atoms with E-state index in [4.69, 9.17) is 11.6 Å². The van der Waals surface area contributed by atoms with Crippen molar-refractivity contribution < 1.29 is 13.2 Å². The van der Waals surface area contributed by atoms with Crippen LogP contribution in [-0.4, -0.2) is 34.5 Å². The van der Waals surface area contributed by atoms with Gasteiger partial charge in [-0.05, 0) is 24.3 Å². The molecular weight excluding hydrogens is 412 g/mol. The minimum atomic E-state index is -3.78. The minimum absolute atomic E-state index is 0.0774. The molecule has 0 atom stereocenters. The molecule has 0 fully saturated rings. The molecule has 1 aromatic carbocycles. The number of nitrogens with one attached hydrogen (secondary N) is 2. The van der Waals surface area contributed by atoms with Gasteiger partial charge in [0.2, 0.25) is 20.9 Å². The Balaban J connectivity index is 1.72. The molecule has 9 nitrogen and oxygen atoms in total. The molecule has 27 heavy (non-hydrogen) atoms. The zero-order valence-electron chi connectivity index (χ0n) is 13.9. The summed E-state index contributed by atoms with van der Waals surface area (Å²) in [5.41, 5.74) is 0. The molecule has 0 unspecified atom stereocenters. The van der Waals surface area contributed by atoms with Gasteiger partial charge >= 0.3 is 0 Å². The van der Waals surface area contributed by atoms with Crippen LogP contribution in [0.3, 0.4) is 0 Å². The van der Waals surface area contributed by atoms with Gasteiger partial charge in [0.15, 0.2) is 10.8 Å². The van der Waals surface area contributed by atoms with E-state index in [9.17, 15) is 13.2 Å². The lowest BCUT2D eigenvalue weighted by molar-refractivity contribution is -0.119. The Morgan fingerprint density at radius 1 is 1.15 bits per heavy atom. The minimum Gasteiger partial charge on any atom is -0.350 e. The Bertz CT molecular complexity index is 1050. The number of halogens is 1. The highest BCUT2D eigenvalue weighted by molar-refractivity contribution is 7.91. The van der Waals surface area contributed by atoms with Crippen molar-refractivity contribution in [1.29, 1.82) is 0 Å². The van der Waals surface area contributed by atoms with Crippen LogP contribution in [0.5, 0.6) is 0 Å². The standard InChI is InChI=1S/C15H13ClN6O3S2/c1-9(23)17-7-13-21-22-15(26-13)20-12-6-19-14(8-18-12)27(24,25)11-4-2-10(16)3-5-11/h2-6,8H,7H2,1H3,(H,17,23)(H,18,20,22). The lowest BCUT2D eigenvalue weighted by Gasteiger charge is -2.05. The van der Waals surface area contributed by atoms with E-state index in [2.05, 4.69) is 30.8 Å². The summed E-state index contributed by atoms with van der Waals surface area (Å²) in [6.45, 7) is 1.69. The number of anilines is 2. The molecule has 1 amide bonds. The third kappa shape index (κ3) is 4.76. The van der Waals surface area contributed by atoms with Gasteiger partial charge in [0, 0.05) is 11.9 Å². The molecule has 0 spiro atoms. The first-order valence-electron chi connectivity index (χ1n) is 7.51. The quantitative estimate of drug-likeness (QED) is 0.616. The van der Waals surface area contributed by atoms with E-state index in [0.29, 0.717) is 21.0 Å². The summed E-state index contributed by atoms with van der Waals surface area (Å²) in [6.07, 6.45) is 2.45. The van der Waals surface area contributed by atoms with Crippen LogP contribution < -0.4 is 10.6 Å². The number of benzene rings is 1. The van der Waals surface area contributed by atoms with E-state index in [1.807, 2.05) is 0 Å². The van der Waals surface area contributed by atoms with Crippen molar-refractivity contribution in [2.45, 2.75) is 23.4 Å². The fourth-order valence-electron chi connectivity index (χ4n) is 1.94. The first kappa shape index (κ1) is 19.1. The van der Waals surface area contributed by atoms with E-state index >= 15 is 0 Å². The van der Waals surface area contributed by atoms with Crippen molar-refractivity contribution >= 4 is 49.6 Å². The van der Waals surface area contributed by atoms with Crippen LogP contribution >= 0.6 is 22.9 Å². The van der Waals surface area contributed by atoms with Gasteiger partial charge in [-0.2, -0.15) is 0 Å². The molecule has 0 aliphatic heterocycles. The summed E-state index contributed by atoms with van der Waals surface area (Å²) in [6, 6.07) is 5.80. The number of hydrogen-bond acceptors (Lipinski definition) is 9. The maximum atomic E-state index is 12.5. The fraction of sp³-hybridized carbons (Fsp3) is 0.133. The van der Waals surface area contributed by atoms with Gasteiger partial charge in [-0.3, -0.25) is 4.79 Å². The summed E-state index contributed by atoms with van der Waals surface area (Å²) in [7, 11) is -3.78. The summed E-state index contributed by atoms with van der Waals surface area (Å²) < 4.78 is 25.0. The van der Waals surface area contributed by atoms with Gasteiger partial charge < -0.3 is 10.6 Å². The molecule has 2 heterocycles. The second-order valence-electron chi connectivity index (χ2n) is 5.23. The van der Waals surface area contributed by atoms with Gasteiger partial charge in [-0.25, -0.2) is 18.4 Å². The molecule has 140 valence electrons. The highest BCUT2D eigenvalue weighted by atomic mass is 35.5. The Hall–Kier alpha value is -2.63. The number of carbonyl (C=O) groups is 1. The molecule has 0 radical (unpaired) electrons. The zero-order chi connectivity index (χ0) is 19.4. The van der Waals surface area contributed by atoms with E-state index in [0.717, 1.165) is 6.20 Å². The van der Waals surface area contributed by atoms with Crippen molar-refractivity contribution in [2.75, 3.05) is 5.32 Å². The molecule has 0 aliphatic carbocycles. The van der Waals surface area contributed by atoms with Crippen LogP contribution in [0.2, 0.25) is 5.02 Å². The number of sulfone groups is 1. The van der Waals surface area contributed by atoms with Crippen molar-refractivity contribution in [1.82, 2.24) is 25.5 Å². The van der Waals surface area contributed by atoms with E-state index in [-0.39, 0.29) is 22.4 Å². The number of nitrogens with zero attached hydrogens (tertiary/aromatic N) is 4. The predicted molar refractivity (Wildman–Crippen MR) is 99.6 cm³/mol. The SMILES string of the molecule is CC(=O)NCc1nnc(Nc2cnc(S(=O)(=O)c3ccc(Cl)cc3)cn2)s1. The third-order valence-corrected chi connectivity index (χ3v) is 5.96. The number of carbonyl (C=O) groups excluding carboxylic acids is 1. The maximum Gasteiger partial charge on any atom is 0.225 e. The highest BCUT2D eigenvalue weighted by Gasteiger charge is 2.19. The largest absolute Gasteiger partial charge is 0.350 e. The first-order chi connectivity index (χ1) is 12.8. The number of hydrogen-bond donors (Lipinski definition) is 2. The second kappa shape index (κ2) is 7.94. The molecule has 3 aromatic rings. The average Bonchev–Trinajstić information content (AvgIpc) is 3.08. The molecule has 0 saturated carbocycles. The van der Waals surface area contributed by atoms with Crippen molar-refractivity contribution in [3.8, 4) is 0 Å². The van der Waals surface area contributed by atoms with Crippen molar-refractivity contribution in [3.63, 3.8) is 0 Å². The summed E-state index contributed by atoms with van der Waals surface area (Å²) >= 11 is 7.01. The number of aromatic nitrogens is 4. The predicted octanol–water partition coefficient (Wildman–Crippen LogP) is 2.19. The zero-order valence-corrected chi connectivity index (χ0v) is 16.3. The molecule has 0 bridgehead atoms. The van der Waals surface area contributed by atoms with E-state index < -0.39 is 9.84 Å². The Kier molecular flexibility index (Phi) is 5.63. The molecule has 2 aromatic heterocycles. The monoisotopic (exact) mass is 424 g/mol. The van der Waals surface area contributed by atoms with Crippen molar-refractivity contribution in [2.24, 2.45) is 0 Å². The third-order valence-electron chi connectivity index (χ3n) is 3.22. The van der Waals surface area contributed by atoms with Crippen LogP contribution in [0.1, 0.15) is 11.9 Å². The topological polar surface area (TPSA) is 127 Å². The van der Waals surface area contributed by atoms with Crippen molar-refractivity contribution in [3.05, 3.63) is 46.7 Å². The van der Waals surface area contributed by atoms with Gasteiger partial charge in [-0.1, -0.05) is 22.9 Å². The summed E-state index contributed by atoms with van der Waals surface area (Å²) in [4.78, 5) is 19.0. The van der Waals surface area contributed by atoms with Crippen LogP contribution in [0.25, 0.3) is 0 Å². The van der Waals surface area contributed by atoms with E-state index in [1.165, 1.54) is 48.7 Å². The number of rotatable bonds is 6. The smallest absolute Gasteiger partial charge is 0.225 e. The van der Waals surface area contributed by atoms with Gasteiger partial charge in [0.1, 0.15) is 5.01 Å². The lowest BCUT2D eigenvalue weighted by Crippen LogP contribution is -2.18. The van der Waals surface area contributed by atoms with E-state index in [1.54, 1.807) is 0 Å². The molecule has 2 N–H and O–H groups in total.